The number of hydrogen-bond acceptors (Lipinski definition) is 2. The van der Waals surface area contributed by atoms with E-state index in [0.717, 1.165) is 83.2 Å². The zero-order valence-corrected chi connectivity index (χ0v) is 16.7. The third-order valence-electron chi connectivity index (χ3n) is 7.38. The van der Waals surface area contributed by atoms with Gasteiger partial charge in [0.1, 0.15) is 0 Å². The molecule has 1 aromatic rings. The molecule has 5 nitrogen and oxygen atoms in total. The van der Waals surface area contributed by atoms with Crippen molar-refractivity contribution in [2.24, 2.45) is 5.41 Å². The fourth-order valence-corrected chi connectivity index (χ4v) is 5.51. The van der Waals surface area contributed by atoms with Gasteiger partial charge in [0.2, 0.25) is 5.91 Å². The molecular weight excluding hydrogens is 350 g/mol. The van der Waals surface area contributed by atoms with Crippen LogP contribution in [0.2, 0.25) is 0 Å². The Labute approximate surface area is 167 Å². The molecule has 0 unspecified atom stereocenters. The molecule has 28 heavy (non-hydrogen) atoms. The monoisotopic (exact) mass is 381 g/mol. The third-order valence-corrected chi connectivity index (χ3v) is 7.38. The van der Waals surface area contributed by atoms with Crippen molar-refractivity contribution in [2.75, 3.05) is 32.7 Å². The predicted octanol–water partition coefficient (Wildman–Crippen LogP) is 3.46. The normalized spacial score (nSPS) is 27.5. The highest BCUT2D eigenvalue weighted by atomic mass is 16.2. The maximum absolute atomic E-state index is 13.2. The summed E-state index contributed by atoms with van der Waals surface area (Å²) in [6.45, 7) is 4.40. The first kappa shape index (κ1) is 18.0. The summed E-state index contributed by atoms with van der Waals surface area (Å²) in [6, 6.07) is 11.0. The lowest BCUT2D eigenvalue weighted by Crippen LogP contribution is -2.56. The molecule has 0 bridgehead atoms. The summed E-state index contributed by atoms with van der Waals surface area (Å²) in [4.78, 5) is 32.3. The number of amides is 3. The quantitative estimate of drug-likeness (QED) is 0.787. The minimum absolute atomic E-state index is 0.0172. The molecule has 0 aromatic heterocycles. The van der Waals surface area contributed by atoms with Crippen LogP contribution in [0.15, 0.2) is 30.3 Å². The lowest BCUT2D eigenvalue weighted by molar-refractivity contribution is -0.142. The van der Waals surface area contributed by atoms with Gasteiger partial charge < -0.3 is 14.7 Å². The summed E-state index contributed by atoms with van der Waals surface area (Å²) >= 11 is 0. The molecule has 0 N–H and O–H groups in total. The Balaban J connectivity index is 1.33. The molecule has 3 aliphatic heterocycles. The van der Waals surface area contributed by atoms with Crippen molar-refractivity contribution >= 4 is 11.9 Å². The topological polar surface area (TPSA) is 43.9 Å². The van der Waals surface area contributed by atoms with Crippen LogP contribution in [0.1, 0.15) is 56.4 Å². The highest BCUT2D eigenvalue weighted by Crippen LogP contribution is 2.48. The van der Waals surface area contributed by atoms with Gasteiger partial charge in [0.25, 0.3) is 0 Å². The first-order valence-corrected chi connectivity index (χ1v) is 11.0. The molecule has 1 saturated carbocycles. The molecule has 4 aliphatic rings. The average molecular weight is 382 g/mol. The van der Waals surface area contributed by atoms with E-state index >= 15 is 0 Å². The van der Waals surface area contributed by atoms with Gasteiger partial charge in [-0.05, 0) is 55.9 Å². The van der Waals surface area contributed by atoms with Crippen LogP contribution in [0.5, 0.6) is 0 Å². The molecule has 150 valence electrons. The van der Waals surface area contributed by atoms with Crippen molar-refractivity contribution in [1.82, 2.24) is 14.7 Å². The van der Waals surface area contributed by atoms with Gasteiger partial charge in [-0.1, -0.05) is 30.3 Å². The van der Waals surface area contributed by atoms with Gasteiger partial charge in [-0.15, -0.1) is 0 Å². The second-order valence-electron chi connectivity index (χ2n) is 9.33. The van der Waals surface area contributed by atoms with E-state index in [2.05, 4.69) is 21.9 Å². The zero-order valence-electron chi connectivity index (χ0n) is 16.7. The maximum Gasteiger partial charge on any atom is 0.319 e. The summed E-state index contributed by atoms with van der Waals surface area (Å²) < 4.78 is 0. The van der Waals surface area contributed by atoms with Crippen molar-refractivity contribution in [3.8, 4) is 0 Å². The van der Waals surface area contributed by atoms with Crippen LogP contribution in [-0.4, -0.2) is 65.4 Å². The second-order valence-corrected chi connectivity index (χ2v) is 9.33. The average Bonchev–Trinajstić information content (AvgIpc) is 3.43. The standard InChI is InChI=1S/C23H31N3O2/c27-21-20(18-6-2-1-3-7-18)16-23(17-26(21)19-8-9-19)10-14-25(15-11-23)22(28)24-12-4-5-13-24/h1-3,6-7,19-20H,4-5,8-17H2/t20-/m0/s1. The van der Waals surface area contributed by atoms with Gasteiger partial charge in [0, 0.05) is 38.8 Å². The van der Waals surface area contributed by atoms with Gasteiger partial charge in [-0.2, -0.15) is 0 Å². The third kappa shape index (κ3) is 3.29. The first-order chi connectivity index (χ1) is 13.7. The molecule has 1 spiro atoms. The number of benzene rings is 1. The number of urea groups is 1. The van der Waals surface area contributed by atoms with E-state index < -0.39 is 0 Å². The molecule has 3 saturated heterocycles. The van der Waals surface area contributed by atoms with E-state index in [4.69, 9.17) is 0 Å². The summed E-state index contributed by atoms with van der Waals surface area (Å²) in [7, 11) is 0. The Hall–Kier alpha value is -2.04. The van der Waals surface area contributed by atoms with Crippen LogP contribution < -0.4 is 0 Å². The molecule has 5 rings (SSSR count). The van der Waals surface area contributed by atoms with Crippen molar-refractivity contribution in [2.45, 2.75) is 56.9 Å². The minimum atomic E-state index is -0.0172. The van der Waals surface area contributed by atoms with Crippen LogP contribution in [0.25, 0.3) is 0 Å². The molecule has 3 heterocycles. The molecule has 0 radical (unpaired) electrons. The van der Waals surface area contributed by atoms with Gasteiger partial charge in [-0.25, -0.2) is 4.79 Å². The molecule has 1 aliphatic carbocycles. The Morgan fingerprint density at radius 2 is 1.57 bits per heavy atom. The van der Waals surface area contributed by atoms with Crippen LogP contribution in [-0.2, 0) is 4.79 Å². The molecular formula is C23H31N3O2. The number of rotatable bonds is 2. The summed E-state index contributed by atoms with van der Waals surface area (Å²) in [5, 5.41) is 0. The summed E-state index contributed by atoms with van der Waals surface area (Å²) in [5.41, 5.74) is 1.33. The van der Waals surface area contributed by atoms with E-state index in [0.29, 0.717) is 11.9 Å². The Bertz CT molecular complexity index is 731. The SMILES string of the molecule is O=C(N1CCCC1)N1CCC2(CC1)C[C@@H](c1ccccc1)C(=O)N(C1CC1)C2. The fourth-order valence-electron chi connectivity index (χ4n) is 5.51. The van der Waals surface area contributed by atoms with E-state index in [1.807, 2.05) is 23.1 Å². The second kappa shape index (κ2) is 7.09. The van der Waals surface area contributed by atoms with Crippen LogP contribution >= 0.6 is 0 Å². The van der Waals surface area contributed by atoms with Gasteiger partial charge in [-0.3, -0.25) is 4.79 Å². The molecule has 4 fully saturated rings. The lowest BCUT2D eigenvalue weighted by atomic mass is 9.67. The van der Waals surface area contributed by atoms with E-state index in [9.17, 15) is 9.59 Å². The van der Waals surface area contributed by atoms with Crippen LogP contribution in [0.4, 0.5) is 4.79 Å². The van der Waals surface area contributed by atoms with Crippen molar-refractivity contribution in [3.05, 3.63) is 35.9 Å². The number of likely N-dealkylation sites (tertiary alicyclic amines) is 3. The number of nitrogens with zero attached hydrogens (tertiary/aromatic N) is 3. The number of carbonyl (C=O) groups excluding carboxylic acids is 2. The van der Waals surface area contributed by atoms with Gasteiger partial charge in [0.15, 0.2) is 0 Å². The molecule has 5 heteroatoms. The minimum Gasteiger partial charge on any atom is -0.339 e. The van der Waals surface area contributed by atoms with Crippen LogP contribution in [0.3, 0.4) is 0 Å². The number of hydrogen-bond donors (Lipinski definition) is 0. The molecule has 1 aromatic carbocycles. The largest absolute Gasteiger partial charge is 0.339 e. The Morgan fingerprint density at radius 1 is 0.929 bits per heavy atom. The van der Waals surface area contributed by atoms with Gasteiger partial charge >= 0.3 is 6.03 Å². The van der Waals surface area contributed by atoms with Crippen molar-refractivity contribution in [3.63, 3.8) is 0 Å². The first-order valence-electron chi connectivity index (χ1n) is 11.0. The summed E-state index contributed by atoms with van der Waals surface area (Å²) in [6.07, 6.45) is 7.57. The number of carbonyl (C=O) groups is 2. The van der Waals surface area contributed by atoms with Crippen molar-refractivity contribution < 1.29 is 9.59 Å². The Morgan fingerprint density at radius 3 is 2.21 bits per heavy atom. The fraction of sp³-hybridized carbons (Fsp3) is 0.652. The highest BCUT2D eigenvalue weighted by molar-refractivity contribution is 5.85. The zero-order chi connectivity index (χ0) is 19.1. The van der Waals surface area contributed by atoms with Crippen LogP contribution in [0, 0.1) is 5.41 Å². The summed E-state index contributed by atoms with van der Waals surface area (Å²) in [5.74, 6) is 0.311. The lowest BCUT2D eigenvalue weighted by Gasteiger charge is -2.50. The predicted molar refractivity (Wildman–Crippen MR) is 108 cm³/mol. The van der Waals surface area contributed by atoms with E-state index in [1.165, 1.54) is 0 Å². The van der Waals surface area contributed by atoms with Crippen molar-refractivity contribution in [1.29, 1.82) is 0 Å². The smallest absolute Gasteiger partial charge is 0.319 e. The van der Waals surface area contributed by atoms with E-state index in [1.54, 1.807) is 0 Å². The molecule has 3 amide bonds. The number of piperidine rings is 2. The van der Waals surface area contributed by atoms with Gasteiger partial charge in [0.05, 0.1) is 5.92 Å². The maximum atomic E-state index is 13.2. The highest BCUT2D eigenvalue weighted by Gasteiger charge is 2.50. The molecule has 1 atom stereocenters. The Kier molecular flexibility index (Phi) is 4.56. The van der Waals surface area contributed by atoms with E-state index in [-0.39, 0.29) is 17.4 Å².